The van der Waals surface area contributed by atoms with Gasteiger partial charge >= 0.3 is 23.9 Å². The zero-order valence-electron chi connectivity index (χ0n) is 27.5. The monoisotopic (exact) mass is 786 g/mol. The lowest BCUT2D eigenvalue weighted by Crippen LogP contribution is -2.61. The SMILES string of the molecule is O=C(Oc1cc2c(c(O)c1O)-c1c(cc(O)c(O)c1O)C(=O)OC[C@@H]1O[C@@H](OC(=O)c3cc(O)c(O)c(O)c3)[C@H](O)[C@@H](OC2=O)[C@H]1O)c1cc(O)c(O)c(O)c1. The summed E-state index contributed by atoms with van der Waals surface area (Å²) in [5, 5.41) is 135. The van der Waals surface area contributed by atoms with Crippen molar-refractivity contribution in [2.45, 2.75) is 30.7 Å². The van der Waals surface area contributed by atoms with Crippen molar-refractivity contribution in [2.24, 2.45) is 0 Å². The fraction of sp³-hybridized carbons (Fsp3) is 0.176. The minimum atomic E-state index is -2.34. The van der Waals surface area contributed by atoms with Crippen LogP contribution in [0.3, 0.4) is 0 Å². The number of aliphatic hydroxyl groups excluding tert-OH is 2. The number of phenolic OH excluding ortho intramolecular Hbond substituents is 11. The molecule has 1 fully saturated rings. The minimum absolute atomic E-state index is 0.464. The number of hydrogen-bond donors (Lipinski definition) is 13. The van der Waals surface area contributed by atoms with Crippen molar-refractivity contribution < 1.29 is 109 Å². The first-order valence-corrected chi connectivity index (χ1v) is 15.5. The summed E-state index contributed by atoms with van der Waals surface area (Å²) in [5.74, 6) is -20.0. The Bertz CT molecular complexity index is 2290. The standard InChI is InChI=1S/C34H26O22/c35-12-1-8(2-13(36)21(12)40)30(48)53-17-6-11-20(27(46)24(17)43)19-10(5-16(39)23(42)26(19)45)32(50)52-7-18-25(44)29(55-33(11)51)28(47)34(54-18)56-31(49)9-3-14(37)22(41)15(38)4-9/h1-6,18,25,28-29,34-47H,7H2/t18-,25-,28+,29-,34-/m0/s1. The lowest BCUT2D eigenvalue weighted by atomic mass is 9.91. The zero-order chi connectivity index (χ0) is 41.1. The molecule has 1 saturated heterocycles. The number of benzene rings is 4. The summed E-state index contributed by atoms with van der Waals surface area (Å²) in [6.07, 6.45) is -10.8. The molecule has 2 aliphatic rings. The van der Waals surface area contributed by atoms with E-state index in [-0.39, 0.29) is 0 Å². The van der Waals surface area contributed by atoms with Crippen molar-refractivity contribution in [2.75, 3.05) is 6.61 Å². The summed E-state index contributed by atoms with van der Waals surface area (Å²) in [6.45, 7) is -1.03. The van der Waals surface area contributed by atoms with E-state index in [0.717, 1.165) is 0 Å². The molecule has 22 nitrogen and oxygen atoms in total. The minimum Gasteiger partial charge on any atom is -0.504 e. The van der Waals surface area contributed by atoms with Crippen molar-refractivity contribution in [1.29, 1.82) is 0 Å². The molecule has 22 heteroatoms. The van der Waals surface area contributed by atoms with Gasteiger partial charge in [0.25, 0.3) is 0 Å². The number of carbonyl (C=O) groups is 4. The molecule has 294 valence electrons. The first kappa shape index (κ1) is 38.2. The molecule has 2 bridgehead atoms. The second-order valence-electron chi connectivity index (χ2n) is 12.0. The van der Waals surface area contributed by atoms with Crippen molar-refractivity contribution >= 4 is 23.9 Å². The first-order chi connectivity index (χ1) is 26.3. The Hall–Kier alpha value is -7.56. The lowest BCUT2D eigenvalue weighted by Gasteiger charge is -2.41. The molecule has 0 spiro atoms. The maximum atomic E-state index is 14.0. The topological polar surface area (TPSA) is 377 Å². The van der Waals surface area contributed by atoms with Crippen molar-refractivity contribution in [1.82, 2.24) is 0 Å². The highest BCUT2D eigenvalue weighted by Gasteiger charge is 2.50. The van der Waals surface area contributed by atoms with Crippen LogP contribution in [-0.4, -0.2) is 128 Å². The van der Waals surface area contributed by atoms with E-state index < -0.39 is 164 Å². The molecule has 0 radical (unpaired) electrons. The molecule has 2 heterocycles. The van der Waals surface area contributed by atoms with Crippen LogP contribution in [0.4, 0.5) is 0 Å². The van der Waals surface area contributed by atoms with Crippen LogP contribution in [0.25, 0.3) is 11.1 Å². The molecule has 56 heavy (non-hydrogen) atoms. The largest absolute Gasteiger partial charge is 0.504 e. The average Bonchev–Trinajstić information content (AvgIpc) is 3.15. The Labute approximate surface area is 309 Å². The number of cyclic esters (lactones) is 1. The summed E-state index contributed by atoms with van der Waals surface area (Å²) in [7, 11) is 0. The van der Waals surface area contributed by atoms with E-state index in [1.54, 1.807) is 0 Å². The highest BCUT2D eigenvalue weighted by Crippen LogP contribution is 2.53. The van der Waals surface area contributed by atoms with E-state index in [0.29, 0.717) is 36.4 Å². The van der Waals surface area contributed by atoms with E-state index >= 15 is 0 Å². The van der Waals surface area contributed by atoms with Gasteiger partial charge in [-0.2, -0.15) is 0 Å². The van der Waals surface area contributed by atoms with Gasteiger partial charge in [-0.05, 0) is 30.3 Å². The summed E-state index contributed by atoms with van der Waals surface area (Å²) in [4.78, 5) is 53.4. The number of aromatic hydroxyl groups is 11. The molecular weight excluding hydrogens is 760 g/mol. The van der Waals surface area contributed by atoms with Crippen LogP contribution in [0.2, 0.25) is 0 Å². The van der Waals surface area contributed by atoms with Crippen molar-refractivity contribution in [3.8, 4) is 80.1 Å². The van der Waals surface area contributed by atoms with Gasteiger partial charge in [0.2, 0.25) is 17.8 Å². The first-order valence-electron chi connectivity index (χ1n) is 15.5. The molecule has 0 unspecified atom stereocenters. The zero-order valence-corrected chi connectivity index (χ0v) is 27.5. The van der Waals surface area contributed by atoms with Crippen LogP contribution in [-0.2, 0) is 18.9 Å². The van der Waals surface area contributed by atoms with Gasteiger partial charge < -0.3 is 90.1 Å². The molecule has 13 N–H and O–H groups in total. The fourth-order valence-electron chi connectivity index (χ4n) is 5.66. The molecule has 0 aromatic heterocycles. The van der Waals surface area contributed by atoms with E-state index in [9.17, 15) is 85.6 Å². The third kappa shape index (κ3) is 6.50. The van der Waals surface area contributed by atoms with Crippen LogP contribution in [0.1, 0.15) is 41.4 Å². The third-order valence-corrected chi connectivity index (χ3v) is 8.48. The Morgan fingerprint density at radius 3 is 1.61 bits per heavy atom. The molecule has 2 aliphatic heterocycles. The van der Waals surface area contributed by atoms with Gasteiger partial charge in [0.15, 0.2) is 69.7 Å². The van der Waals surface area contributed by atoms with E-state index in [1.807, 2.05) is 0 Å². The van der Waals surface area contributed by atoms with Crippen molar-refractivity contribution in [3.05, 3.63) is 58.7 Å². The Morgan fingerprint density at radius 2 is 1.05 bits per heavy atom. The smallest absolute Gasteiger partial charge is 0.343 e. The van der Waals surface area contributed by atoms with Crippen LogP contribution in [0.15, 0.2) is 36.4 Å². The van der Waals surface area contributed by atoms with Gasteiger partial charge in [-0.15, -0.1) is 0 Å². The molecule has 5 atom stereocenters. The van der Waals surface area contributed by atoms with Crippen LogP contribution < -0.4 is 4.74 Å². The Morgan fingerprint density at radius 1 is 0.571 bits per heavy atom. The fourth-order valence-corrected chi connectivity index (χ4v) is 5.66. The Balaban J connectivity index is 1.47. The quantitative estimate of drug-likeness (QED) is 0.0573. The number of ether oxygens (including phenoxy) is 5. The van der Waals surface area contributed by atoms with Crippen molar-refractivity contribution in [3.63, 3.8) is 0 Å². The number of fused-ring (bicyclic) bond motifs is 5. The van der Waals surface area contributed by atoms with Crippen LogP contribution in [0, 0.1) is 0 Å². The maximum Gasteiger partial charge on any atom is 0.343 e. The molecule has 0 saturated carbocycles. The number of phenols is 11. The van der Waals surface area contributed by atoms with Crippen LogP contribution >= 0.6 is 0 Å². The normalized spacial score (nSPS) is 20.6. The van der Waals surface area contributed by atoms with Crippen LogP contribution in [0.5, 0.6) is 69.0 Å². The van der Waals surface area contributed by atoms with E-state index in [1.165, 1.54) is 0 Å². The van der Waals surface area contributed by atoms with Gasteiger partial charge in [0, 0.05) is 17.2 Å². The lowest BCUT2D eigenvalue weighted by molar-refractivity contribution is -0.284. The summed E-state index contributed by atoms with van der Waals surface area (Å²) < 4.78 is 26.1. The van der Waals surface area contributed by atoms with Gasteiger partial charge in [-0.1, -0.05) is 0 Å². The van der Waals surface area contributed by atoms with E-state index in [4.69, 9.17) is 23.7 Å². The second kappa shape index (κ2) is 14.0. The summed E-state index contributed by atoms with van der Waals surface area (Å²) >= 11 is 0. The van der Waals surface area contributed by atoms with E-state index in [2.05, 4.69) is 0 Å². The van der Waals surface area contributed by atoms with Gasteiger partial charge in [-0.3, -0.25) is 0 Å². The van der Waals surface area contributed by atoms with Gasteiger partial charge in [0.05, 0.1) is 22.3 Å². The molecule has 0 amide bonds. The van der Waals surface area contributed by atoms with Gasteiger partial charge in [-0.25, -0.2) is 19.2 Å². The number of hydrogen-bond acceptors (Lipinski definition) is 22. The predicted molar refractivity (Wildman–Crippen MR) is 174 cm³/mol. The van der Waals surface area contributed by atoms with Gasteiger partial charge in [0.1, 0.15) is 18.8 Å². The average molecular weight is 787 g/mol. The number of aliphatic hydroxyl groups is 2. The maximum absolute atomic E-state index is 14.0. The third-order valence-electron chi connectivity index (χ3n) is 8.48. The molecule has 4 aromatic rings. The highest BCUT2D eigenvalue weighted by molar-refractivity contribution is 6.08. The Kier molecular flexibility index (Phi) is 9.55. The molecule has 6 rings (SSSR count). The second-order valence-corrected chi connectivity index (χ2v) is 12.0. The predicted octanol–water partition coefficient (Wildman–Crippen LogP) is 0.334. The number of esters is 4. The molecule has 4 aromatic carbocycles. The highest BCUT2D eigenvalue weighted by atomic mass is 16.7. The number of carbonyl (C=O) groups excluding carboxylic acids is 4. The molecule has 0 aliphatic carbocycles. The summed E-state index contributed by atoms with van der Waals surface area (Å²) in [6, 6.07) is 3.50. The number of rotatable bonds is 4. The molecular formula is C34H26O22. The summed E-state index contributed by atoms with van der Waals surface area (Å²) in [5.41, 5.74) is -5.38.